The van der Waals surface area contributed by atoms with Crippen LogP contribution in [0.3, 0.4) is 0 Å². The number of rotatable bonds is 3. The van der Waals surface area contributed by atoms with Crippen molar-refractivity contribution in [3.8, 4) is 0 Å². The maximum atomic E-state index is 4.28. The number of nitrogens with one attached hydrogen (secondary N) is 3. The number of hydrogen-bond acceptors (Lipinski definition) is 3. The van der Waals surface area contributed by atoms with E-state index in [9.17, 15) is 0 Å². The molecule has 3 aliphatic heterocycles. The summed E-state index contributed by atoms with van der Waals surface area (Å²) in [5.41, 5.74) is 0. The van der Waals surface area contributed by atoms with Crippen molar-refractivity contribution in [1.29, 1.82) is 0 Å². The molecule has 0 radical (unpaired) electrons. The third-order valence-electron chi connectivity index (χ3n) is 12.7. The zero-order valence-corrected chi connectivity index (χ0v) is 21.9. The molecule has 4 aliphatic carbocycles. The van der Waals surface area contributed by atoms with Gasteiger partial charge < -0.3 is 16.0 Å². The van der Waals surface area contributed by atoms with Crippen LogP contribution in [0.1, 0.15) is 109 Å². The fraction of sp³-hybridized carbons (Fsp3) is 1.00. The molecule has 3 nitrogen and oxygen atoms in total. The average Bonchev–Trinajstić information content (AvgIpc) is 2.92. The average molecular weight is 468 g/mol. The highest BCUT2D eigenvalue weighted by molar-refractivity contribution is 5.06. The molecule has 4 saturated carbocycles. The van der Waals surface area contributed by atoms with Crippen molar-refractivity contribution in [2.45, 2.75) is 133 Å². The maximum absolute atomic E-state index is 4.28. The van der Waals surface area contributed by atoms with Crippen LogP contribution < -0.4 is 16.0 Å². The summed E-state index contributed by atoms with van der Waals surface area (Å²) in [6.45, 7) is 2.50. The topological polar surface area (TPSA) is 36.1 Å². The zero-order chi connectivity index (χ0) is 22.5. The van der Waals surface area contributed by atoms with E-state index in [-0.39, 0.29) is 0 Å². The summed E-state index contributed by atoms with van der Waals surface area (Å²) in [5, 5.41) is 12.2. The first-order valence-electron chi connectivity index (χ1n) is 16.1. The van der Waals surface area contributed by atoms with Gasteiger partial charge in [-0.3, -0.25) is 0 Å². The molecular weight excluding hydrogens is 414 g/mol. The van der Waals surface area contributed by atoms with Crippen molar-refractivity contribution in [3.63, 3.8) is 0 Å². The van der Waals surface area contributed by atoms with Crippen molar-refractivity contribution < 1.29 is 0 Å². The van der Waals surface area contributed by atoms with E-state index in [0.29, 0.717) is 0 Å². The minimum Gasteiger partial charge on any atom is -0.312 e. The summed E-state index contributed by atoms with van der Waals surface area (Å²) in [7, 11) is 0. The van der Waals surface area contributed by atoms with Gasteiger partial charge in [0.2, 0.25) is 0 Å². The van der Waals surface area contributed by atoms with Crippen LogP contribution in [0, 0.1) is 47.3 Å². The van der Waals surface area contributed by atoms with E-state index in [1.165, 1.54) is 64.5 Å². The first kappa shape index (κ1) is 23.0. The van der Waals surface area contributed by atoms with Crippen LogP contribution in [0.5, 0.6) is 0 Å². The normalized spacial score (nSPS) is 53.6. The standard InChI is InChI=1S/C31H53N3/c1-3-16-32-26(8-1)28-18-23(19-29(34-28)27-9-2-4-17-33-27)24-14-12-22-11-10-20-6-5-7-21-13-15-25(24)31(22)30(20)21/h20-34H,1-19H2. The summed E-state index contributed by atoms with van der Waals surface area (Å²) in [6.07, 6.45) is 25.7. The fourth-order valence-corrected chi connectivity index (χ4v) is 11.4. The van der Waals surface area contributed by atoms with Gasteiger partial charge in [0.25, 0.3) is 0 Å². The van der Waals surface area contributed by atoms with E-state index >= 15 is 0 Å². The lowest BCUT2D eigenvalue weighted by atomic mass is 9.45. The predicted octanol–water partition coefficient (Wildman–Crippen LogP) is 5.89. The lowest BCUT2D eigenvalue weighted by molar-refractivity contribution is -0.111. The van der Waals surface area contributed by atoms with E-state index in [2.05, 4.69) is 16.0 Å². The lowest BCUT2D eigenvalue weighted by Crippen LogP contribution is -2.63. The molecule has 0 aromatic rings. The first-order valence-corrected chi connectivity index (χ1v) is 16.1. The van der Waals surface area contributed by atoms with Crippen LogP contribution in [-0.2, 0) is 0 Å². The highest BCUT2D eigenvalue weighted by atomic mass is 15.1. The van der Waals surface area contributed by atoms with Gasteiger partial charge in [0, 0.05) is 24.2 Å². The SMILES string of the molecule is C1CCC(C2CC(C3CCC4CCC5CCCC6CCC3C4C56)CC(C3CCCCN3)N2)NC1. The molecule has 7 rings (SSSR count). The van der Waals surface area contributed by atoms with Gasteiger partial charge in [0.1, 0.15) is 0 Å². The predicted molar refractivity (Wildman–Crippen MR) is 141 cm³/mol. The molecule has 7 fully saturated rings. The van der Waals surface area contributed by atoms with E-state index < -0.39 is 0 Å². The Hall–Kier alpha value is -0.120. The van der Waals surface area contributed by atoms with Crippen LogP contribution >= 0.6 is 0 Å². The molecule has 192 valence electrons. The minimum absolute atomic E-state index is 0.718. The molecule has 0 aromatic carbocycles. The van der Waals surface area contributed by atoms with Gasteiger partial charge in [-0.1, -0.05) is 32.1 Å². The van der Waals surface area contributed by atoms with Gasteiger partial charge in [-0.15, -0.1) is 0 Å². The molecule has 0 bridgehead atoms. The van der Waals surface area contributed by atoms with Crippen molar-refractivity contribution >= 4 is 0 Å². The Bertz CT molecular complexity index is 650. The second-order valence-electron chi connectivity index (χ2n) is 14.1. The van der Waals surface area contributed by atoms with E-state index in [1.807, 2.05) is 0 Å². The molecule has 0 spiro atoms. The van der Waals surface area contributed by atoms with E-state index in [1.54, 1.807) is 57.8 Å². The van der Waals surface area contributed by atoms with Crippen molar-refractivity contribution in [1.82, 2.24) is 16.0 Å². The Morgan fingerprint density at radius 3 is 1.53 bits per heavy atom. The monoisotopic (exact) mass is 467 g/mol. The van der Waals surface area contributed by atoms with Gasteiger partial charge in [0.05, 0.1) is 0 Å². The highest BCUT2D eigenvalue weighted by Gasteiger charge is 2.55. The second kappa shape index (κ2) is 9.97. The summed E-state index contributed by atoms with van der Waals surface area (Å²) < 4.78 is 0. The molecule has 3 saturated heterocycles. The van der Waals surface area contributed by atoms with E-state index in [4.69, 9.17) is 0 Å². The van der Waals surface area contributed by atoms with Crippen LogP contribution in [0.25, 0.3) is 0 Å². The molecule has 0 amide bonds. The van der Waals surface area contributed by atoms with Crippen LogP contribution in [-0.4, -0.2) is 37.3 Å². The molecule has 3 heteroatoms. The maximum Gasteiger partial charge on any atom is 0.0227 e. The lowest BCUT2D eigenvalue weighted by Gasteiger charge is -2.61. The minimum atomic E-state index is 0.718. The Balaban J connectivity index is 1.13. The highest BCUT2D eigenvalue weighted by Crippen LogP contribution is 2.62. The van der Waals surface area contributed by atoms with Crippen LogP contribution in [0.15, 0.2) is 0 Å². The third kappa shape index (κ3) is 4.22. The fourth-order valence-electron chi connectivity index (χ4n) is 11.4. The van der Waals surface area contributed by atoms with Crippen molar-refractivity contribution in [3.05, 3.63) is 0 Å². The second-order valence-corrected chi connectivity index (χ2v) is 14.1. The van der Waals surface area contributed by atoms with Gasteiger partial charge in [-0.25, -0.2) is 0 Å². The largest absolute Gasteiger partial charge is 0.312 e. The number of piperidine rings is 3. The Labute approximate surface area is 209 Å². The zero-order valence-electron chi connectivity index (χ0n) is 21.9. The van der Waals surface area contributed by atoms with Crippen molar-refractivity contribution in [2.24, 2.45) is 47.3 Å². The first-order chi connectivity index (χ1) is 16.8. The van der Waals surface area contributed by atoms with Gasteiger partial charge >= 0.3 is 0 Å². The van der Waals surface area contributed by atoms with Crippen LogP contribution in [0.4, 0.5) is 0 Å². The van der Waals surface area contributed by atoms with Crippen molar-refractivity contribution in [2.75, 3.05) is 13.1 Å². The Kier molecular flexibility index (Phi) is 6.76. The summed E-state index contributed by atoms with van der Waals surface area (Å²) in [6, 6.07) is 2.89. The smallest absolute Gasteiger partial charge is 0.0227 e. The third-order valence-corrected chi connectivity index (χ3v) is 12.7. The molecule has 34 heavy (non-hydrogen) atoms. The van der Waals surface area contributed by atoms with Gasteiger partial charge in [0.15, 0.2) is 0 Å². The molecule has 0 aromatic heterocycles. The molecule has 3 N–H and O–H groups in total. The molecule has 11 unspecified atom stereocenters. The molecular formula is C31H53N3. The summed E-state index contributed by atoms with van der Waals surface area (Å²) in [4.78, 5) is 0. The molecule has 7 aliphatic rings. The molecule has 3 heterocycles. The Morgan fingerprint density at radius 2 is 0.941 bits per heavy atom. The van der Waals surface area contributed by atoms with Crippen LogP contribution in [0.2, 0.25) is 0 Å². The summed E-state index contributed by atoms with van der Waals surface area (Å²) >= 11 is 0. The quantitative estimate of drug-likeness (QED) is 0.485. The molecule has 11 atom stereocenters. The van der Waals surface area contributed by atoms with E-state index in [0.717, 1.165) is 71.5 Å². The summed E-state index contributed by atoms with van der Waals surface area (Å²) in [5.74, 6) is 8.73. The van der Waals surface area contributed by atoms with Gasteiger partial charge in [-0.2, -0.15) is 0 Å². The van der Waals surface area contributed by atoms with Gasteiger partial charge in [-0.05, 0) is 137 Å². The number of hydrogen-bond donors (Lipinski definition) is 3. The Morgan fingerprint density at radius 1 is 0.382 bits per heavy atom.